The minimum Gasteiger partial charge on any atom is -0.303 e. The normalized spacial score (nSPS) is 20.6. The minimum atomic E-state index is -3.52. The molecule has 1 aliphatic heterocycles. The summed E-state index contributed by atoms with van der Waals surface area (Å²) in [7, 11) is -1.74. The van der Waals surface area contributed by atoms with Gasteiger partial charge >= 0.3 is 0 Å². The second-order valence-electron chi connectivity index (χ2n) is 8.52. The summed E-state index contributed by atoms with van der Waals surface area (Å²) in [6, 6.07) is 0.00337. The third-order valence-corrected chi connectivity index (χ3v) is 6.80. The van der Waals surface area contributed by atoms with Crippen molar-refractivity contribution < 1.29 is 8.42 Å². The lowest BCUT2D eigenvalue weighted by Gasteiger charge is -2.25. The van der Waals surface area contributed by atoms with Crippen molar-refractivity contribution in [3.63, 3.8) is 0 Å². The first kappa shape index (κ1) is 20.4. The van der Waals surface area contributed by atoms with E-state index in [-0.39, 0.29) is 6.04 Å². The lowest BCUT2D eigenvalue weighted by atomic mass is 9.92. The molecule has 0 bridgehead atoms. The van der Waals surface area contributed by atoms with E-state index in [9.17, 15) is 8.42 Å². The van der Waals surface area contributed by atoms with Gasteiger partial charge in [-0.2, -0.15) is 5.10 Å². The number of rotatable bonds is 5. The van der Waals surface area contributed by atoms with Crippen LogP contribution in [0.15, 0.2) is 4.90 Å². The summed E-state index contributed by atoms with van der Waals surface area (Å²) in [5.74, 6) is 0. The zero-order valence-corrected chi connectivity index (χ0v) is 17.4. The lowest BCUT2D eigenvalue weighted by Crippen LogP contribution is -2.36. The van der Waals surface area contributed by atoms with E-state index >= 15 is 0 Å². The molecule has 6 nitrogen and oxygen atoms in total. The Morgan fingerprint density at radius 1 is 1.20 bits per heavy atom. The first-order chi connectivity index (χ1) is 11.5. The van der Waals surface area contributed by atoms with Crippen LogP contribution in [0.1, 0.15) is 57.8 Å². The van der Waals surface area contributed by atoms with Crippen molar-refractivity contribution in [1.29, 1.82) is 0 Å². The zero-order valence-electron chi connectivity index (χ0n) is 16.6. The van der Waals surface area contributed by atoms with Crippen LogP contribution in [0.4, 0.5) is 0 Å². The van der Waals surface area contributed by atoms with Gasteiger partial charge < -0.3 is 4.90 Å². The second kappa shape index (κ2) is 7.76. The molecule has 0 amide bonds. The number of aromatic nitrogens is 2. The van der Waals surface area contributed by atoms with Crippen molar-refractivity contribution >= 4 is 10.0 Å². The van der Waals surface area contributed by atoms with Gasteiger partial charge in [0.1, 0.15) is 4.90 Å². The van der Waals surface area contributed by atoms with E-state index in [2.05, 4.69) is 35.5 Å². The van der Waals surface area contributed by atoms with Crippen molar-refractivity contribution in [1.82, 2.24) is 19.4 Å². The van der Waals surface area contributed by atoms with E-state index in [1.807, 2.05) is 0 Å². The maximum Gasteiger partial charge on any atom is 0.244 e. The minimum absolute atomic E-state index is 0.00337. The van der Waals surface area contributed by atoms with Crippen LogP contribution in [0.2, 0.25) is 0 Å². The number of likely N-dealkylation sites (tertiary alicyclic amines) is 1. The number of hydrogen-bond acceptors (Lipinski definition) is 4. The molecule has 7 heteroatoms. The summed E-state index contributed by atoms with van der Waals surface area (Å²) in [5, 5.41) is 4.24. The Balaban J connectivity index is 1.99. The lowest BCUT2D eigenvalue weighted by molar-refractivity contribution is 0.233. The predicted molar refractivity (Wildman–Crippen MR) is 101 cm³/mol. The Hall–Kier alpha value is -0.920. The van der Waals surface area contributed by atoms with E-state index in [0.29, 0.717) is 21.7 Å². The molecule has 2 rings (SSSR count). The summed E-state index contributed by atoms with van der Waals surface area (Å²) in [6.45, 7) is 13.4. The van der Waals surface area contributed by atoms with Crippen LogP contribution in [0.5, 0.6) is 0 Å². The highest BCUT2D eigenvalue weighted by molar-refractivity contribution is 7.89. The molecule has 1 aliphatic rings. The summed E-state index contributed by atoms with van der Waals surface area (Å²) in [5.41, 5.74) is 1.58. The van der Waals surface area contributed by atoms with Crippen LogP contribution in [0, 0.1) is 19.3 Å². The SMILES string of the molecule is Cc1nn(C)c(C)c1S(=O)(=O)NC1CCCN(CCC(C)(C)C)CC1. The summed E-state index contributed by atoms with van der Waals surface area (Å²) in [6.07, 6.45) is 3.95. The fourth-order valence-corrected chi connectivity index (χ4v) is 5.16. The second-order valence-corrected chi connectivity index (χ2v) is 10.2. The molecule has 1 atom stereocenters. The molecule has 0 aromatic carbocycles. The fourth-order valence-electron chi connectivity index (χ4n) is 3.41. The molecule has 0 radical (unpaired) electrons. The number of aryl methyl sites for hydroxylation is 2. The predicted octanol–water partition coefficient (Wildman–Crippen LogP) is 2.61. The van der Waals surface area contributed by atoms with Crippen LogP contribution < -0.4 is 4.72 Å². The summed E-state index contributed by atoms with van der Waals surface area (Å²) >= 11 is 0. The fraction of sp³-hybridized carbons (Fsp3) is 0.833. The average molecular weight is 371 g/mol. The highest BCUT2D eigenvalue weighted by atomic mass is 32.2. The number of nitrogens with one attached hydrogen (secondary N) is 1. The topological polar surface area (TPSA) is 67.2 Å². The molecule has 1 unspecified atom stereocenters. The van der Waals surface area contributed by atoms with Crippen LogP contribution in [-0.2, 0) is 17.1 Å². The largest absolute Gasteiger partial charge is 0.303 e. The van der Waals surface area contributed by atoms with Gasteiger partial charge in [-0.3, -0.25) is 4.68 Å². The van der Waals surface area contributed by atoms with E-state index in [0.717, 1.165) is 45.3 Å². The molecule has 1 fully saturated rings. The van der Waals surface area contributed by atoms with Crippen molar-refractivity contribution in [3.8, 4) is 0 Å². The number of hydrogen-bond donors (Lipinski definition) is 1. The van der Waals surface area contributed by atoms with Crippen LogP contribution >= 0.6 is 0 Å². The van der Waals surface area contributed by atoms with Gasteiger partial charge in [0.15, 0.2) is 0 Å². The standard InChI is InChI=1S/C18H34N4O2S/c1-14-17(15(2)21(6)19-14)25(23,24)20-16-8-7-11-22(12-9-16)13-10-18(3,4)5/h16,20H,7-13H2,1-6H3. The van der Waals surface area contributed by atoms with E-state index in [4.69, 9.17) is 0 Å². The molecule has 0 aliphatic carbocycles. The Morgan fingerprint density at radius 2 is 1.88 bits per heavy atom. The maximum absolute atomic E-state index is 12.8. The Morgan fingerprint density at radius 3 is 2.44 bits per heavy atom. The Bertz CT molecular complexity index is 689. The first-order valence-electron chi connectivity index (χ1n) is 9.24. The van der Waals surface area contributed by atoms with Crippen molar-refractivity contribution in [3.05, 3.63) is 11.4 Å². The zero-order chi connectivity index (χ0) is 18.8. The van der Waals surface area contributed by atoms with Gasteiger partial charge in [0.25, 0.3) is 0 Å². The molecule has 1 aromatic rings. The van der Waals surface area contributed by atoms with Gasteiger partial charge in [-0.25, -0.2) is 13.1 Å². The van der Waals surface area contributed by atoms with Gasteiger partial charge in [0.05, 0.1) is 11.4 Å². The van der Waals surface area contributed by atoms with Gasteiger partial charge in [0, 0.05) is 13.1 Å². The monoisotopic (exact) mass is 370 g/mol. The molecular weight excluding hydrogens is 336 g/mol. The van der Waals surface area contributed by atoms with E-state index in [1.165, 1.54) is 0 Å². The third kappa shape index (κ3) is 5.53. The average Bonchev–Trinajstić information content (AvgIpc) is 2.63. The summed E-state index contributed by atoms with van der Waals surface area (Å²) < 4.78 is 30.2. The van der Waals surface area contributed by atoms with Gasteiger partial charge in [0.2, 0.25) is 10.0 Å². The van der Waals surface area contributed by atoms with Gasteiger partial charge in [-0.15, -0.1) is 0 Å². The van der Waals surface area contributed by atoms with Crippen molar-refractivity contribution in [2.45, 2.75) is 71.2 Å². The third-order valence-electron chi connectivity index (χ3n) is 5.03. The molecular formula is C18H34N4O2S. The molecule has 1 N–H and O–H groups in total. The van der Waals surface area contributed by atoms with Crippen LogP contribution in [-0.4, -0.2) is 48.8 Å². The van der Waals surface area contributed by atoms with E-state index in [1.54, 1.807) is 25.6 Å². The highest BCUT2D eigenvalue weighted by Crippen LogP contribution is 2.22. The molecule has 1 aromatic heterocycles. The number of nitrogens with zero attached hydrogens (tertiary/aromatic N) is 3. The Labute approximate surface area is 153 Å². The maximum atomic E-state index is 12.8. The van der Waals surface area contributed by atoms with Crippen LogP contribution in [0.25, 0.3) is 0 Å². The van der Waals surface area contributed by atoms with Crippen LogP contribution in [0.3, 0.4) is 0 Å². The smallest absolute Gasteiger partial charge is 0.244 e. The molecule has 1 saturated heterocycles. The molecule has 144 valence electrons. The highest BCUT2D eigenvalue weighted by Gasteiger charge is 2.28. The molecule has 25 heavy (non-hydrogen) atoms. The van der Waals surface area contributed by atoms with Gasteiger partial charge in [-0.05, 0) is 64.6 Å². The quantitative estimate of drug-likeness (QED) is 0.865. The molecule has 2 heterocycles. The first-order valence-corrected chi connectivity index (χ1v) is 10.7. The summed E-state index contributed by atoms with van der Waals surface area (Å²) in [4.78, 5) is 2.81. The number of sulfonamides is 1. The van der Waals surface area contributed by atoms with Crippen molar-refractivity contribution in [2.75, 3.05) is 19.6 Å². The van der Waals surface area contributed by atoms with Crippen molar-refractivity contribution in [2.24, 2.45) is 12.5 Å². The van der Waals surface area contributed by atoms with E-state index < -0.39 is 10.0 Å². The molecule has 0 saturated carbocycles. The van der Waals surface area contributed by atoms with Gasteiger partial charge in [-0.1, -0.05) is 20.8 Å². The molecule has 0 spiro atoms. The Kier molecular flexibility index (Phi) is 6.33.